The van der Waals surface area contributed by atoms with Crippen LogP contribution < -0.4 is 16.4 Å². The van der Waals surface area contributed by atoms with E-state index in [4.69, 9.17) is 5.73 Å². The molecule has 22 heavy (non-hydrogen) atoms. The first-order valence-corrected chi connectivity index (χ1v) is 8.22. The standard InChI is InChI=1S/C16H24BrN3O2/c1-4-16(5-2,10-18)15(22)19-9-14(21)20-13-7-6-12(17)8-11(13)3/h6-8H,4-5,9-10,18H2,1-3H3,(H,19,22)(H,20,21). The van der Waals surface area contributed by atoms with Crippen LogP contribution in [0.4, 0.5) is 5.69 Å². The van der Waals surface area contributed by atoms with Crippen LogP contribution in [0, 0.1) is 12.3 Å². The van der Waals surface area contributed by atoms with Gasteiger partial charge in [-0.15, -0.1) is 0 Å². The van der Waals surface area contributed by atoms with Gasteiger partial charge in [0.25, 0.3) is 0 Å². The molecular formula is C16H24BrN3O2. The number of carbonyl (C=O) groups is 2. The first-order valence-electron chi connectivity index (χ1n) is 7.43. The average molecular weight is 370 g/mol. The number of amides is 2. The summed E-state index contributed by atoms with van der Waals surface area (Å²) in [4.78, 5) is 24.2. The highest BCUT2D eigenvalue weighted by atomic mass is 79.9. The molecule has 4 N–H and O–H groups in total. The predicted octanol–water partition coefficient (Wildman–Crippen LogP) is 2.58. The number of nitrogens with two attached hydrogens (primary N) is 1. The van der Waals surface area contributed by atoms with Gasteiger partial charge in [0.1, 0.15) is 0 Å². The van der Waals surface area contributed by atoms with Crippen molar-refractivity contribution in [2.75, 3.05) is 18.4 Å². The van der Waals surface area contributed by atoms with Crippen molar-refractivity contribution in [1.29, 1.82) is 0 Å². The van der Waals surface area contributed by atoms with Crippen LogP contribution in [-0.4, -0.2) is 24.9 Å². The van der Waals surface area contributed by atoms with Crippen LogP contribution in [-0.2, 0) is 9.59 Å². The highest BCUT2D eigenvalue weighted by Crippen LogP contribution is 2.25. The van der Waals surface area contributed by atoms with Crippen molar-refractivity contribution in [3.63, 3.8) is 0 Å². The summed E-state index contributed by atoms with van der Waals surface area (Å²) in [6, 6.07) is 5.60. The number of anilines is 1. The van der Waals surface area contributed by atoms with Gasteiger partial charge in [-0.25, -0.2) is 0 Å². The minimum absolute atomic E-state index is 0.0594. The van der Waals surface area contributed by atoms with E-state index in [1.165, 1.54) is 0 Å². The van der Waals surface area contributed by atoms with Gasteiger partial charge in [0.15, 0.2) is 0 Å². The molecule has 1 rings (SSSR count). The first kappa shape index (κ1) is 18.6. The maximum absolute atomic E-state index is 12.2. The van der Waals surface area contributed by atoms with E-state index in [-0.39, 0.29) is 24.9 Å². The molecule has 0 aliphatic carbocycles. The zero-order valence-electron chi connectivity index (χ0n) is 13.3. The first-order chi connectivity index (χ1) is 10.4. The normalized spacial score (nSPS) is 11.1. The second-order valence-electron chi connectivity index (χ2n) is 5.38. The molecule has 6 heteroatoms. The fraction of sp³-hybridized carbons (Fsp3) is 0.500. The Morgan fingerprint density at radius 3 is 2.41 bits per heavy atom. The Labute approximate surface area is 140 Å². The van der Waals surface area contributed by atoms with E-state index in [1.54, 1.807) is 0 Å². The Morgan fingerprint density at radius 1 is 1.27 bits per heavy atom. The van der Waals surface area contributed by atoms with E-state index in [0.29, 0.717) is 12.8 Å². The molecule has 1 aromatic rings. The molecule has 0 aliphatic heterocycles. The Balaban J connectivity index is 2.61. The van der Waals surface area contributed by atoms with E-state index in [9.17, 15) is 9.59 Å². The molecule has 0 saturated carbocycles. The van der Waals surface area contributed by atoms with Crippen LogP contribution in [0.2, 0.25) is 0 Å². The van der Waals surface area contributed by atoms with Crippen molar-refractivity contribution < 1.29 is 9.59 Å². The SMILES string of the molecule is CCC(CC)(CN)C(=O)NCC(=O)Nc1ccc(Br)cc1C. The molecule has 0 aromatic heterocycles. The van der Waals surface area contributed by atoms with Gasteiger partial charge in [-0.05, 0) is 43.5 Å². The van der Waals surface area contributed by atoms with Crippen LogP contribution in [0.15, 0.2) is 22.7 Å². The highest BCUT2D eigenvalue weighted by Gasteiger charge is 2.33. The molecule has 1 aromatic carbocycles. The Hall–Kier alpha value is -1.40. The maximum atomic E-state index is 12.2. The van der Waals surface area contributed by atoms with Crippen molar-refractivity contribution in [2.45, 2.75) is 33.6 Å². The molecule has 122 valence electrons. The quantitative estimate of drug-likeness (QED) is 0.690. The predicted molar refractivity (Wildman–Crippen MR) is 92.6 cm³/mol. The van der Waals surface area contributed by atoms with Crippen molar-refractivity contribution in [2.24, 2.45) is 11.1 Å². The molecule has 0 fully saturated rings. The zero-order chi connectivity index (χ0) is 16.8. The monoisotopic (exact) mass is 369 g/mol. The molecule has 0 unspecified atom stereocenters. The summed E-state index contributed by atoms with van der Waals surface area (Å²) >= 11 is 3.38. The number of hydrogen-bond donors (Lipinski definition) is 3. The molecule has 0 heterocycles. The molecule has 0 aliphatic rings. The van der Waals surface area contributed by atoms with Crippen LogP contribution >= 0.6 is 15.9 Å². The lowest BCUT2D eigenvalue weighted by Gasteiger charge is -2.28. The van der Waals surface area contributed by atoms with E-state index < -0.39 is 5.41 Å². The number of rotatable bonds is 7. The largest absolute Gasteiger partial charge is 0.347 e. The number of carbonyl (C=O) groups excluding carboxylic acids is 2. The number of aryl methyl sites for hydroxylation is 1. The van der Waals surface area contributed by atoms with Gasteiger partial charge in [0.2, 0.25) is 11.8 Å². The van der Waals surface area contributed by atoms with Crippen LogP contribution in [0.1, 0.15) is 32.3 Å². The second-order valence-corrected chi connectivity index (χ2v) is 6.30. The third-order valence-electron chi connectivity index (χ3n) is 4.10. The minimum Gasteiger partial charge on any atom is -0.347 e. The van der Waals surface area contributed by atoms with Crippen LogP contribution in [0.3, 0.4) is 0 Å². The molecule has 0 saturated heterocycles. The summed E-state index contributed by atoms with van der Waals surface area (Å²) < 4.78 is 0.954. The molecule has 2 amide bonds. The van der Waals surface area contributed by atoms with Gasteiger partial charge in [-0.1, -0.05) is 29.8 Å². The van der Waals surface area contributed by atoms with Gasteiger partial charge in [0, 0.05) is 16.7 Å². The van der Waals surface area contributed by atoms with Crippen molar-refractivity contribution >= 4 is 33.4 Å². The van der Waals surface area contributed by atoms with Crippen LogP contribution in [0.5, 0.6) is 0 Å². The lowest BCUT2D eigenvalue weighted by Crippen LogP contribution is -2.47. The topological polar surface area (TPSA) is 84.2 Å². The average Bonchev–Trinajstić information content (AvgIpc) is 2.50. The van der Waals surface area contributed by atoms with Gasteiger partial charge in [-0.3, -0.25) is 9.59 Å². The van der Waals surface area contributed by atoms with Gasteiger partial charge < -0.3 is 16.4 Å². The Kier molecular flexibility index (Phi) is 7.03. The van der Waals surface area contributed by atoms with Gasteiger partial charge in [-0.2, -0.15) is 0 Å². The number of halogens is 1. The summed E-state index contributed by atoms with van der Waals surface area (Å²) in [7, 11) is 0. The molecule has 5 nitrogen and oxygen atoms in total. The highest BCUT2D eigenvalue weighted by molar-refractivity contribution is 9.10. The molecule has 0 spiro atoms. The van der Waals surface area contributed by atoms with Crippen molar-refractivity contribution in [3.8, 4) is 0 Å². The third-order valence-corrected chi connectivity index (χ3v) is 4.59. The molecule has 0 bridgehead atoms. The molecule has 0 atom stereocenters. The maximum Gasteiger partial charge on any atom is 0.243 e. The summed E-state index contributed by atoms with van der Waals surface area (Å²) in [5.41, 5.74) is 6.82. The molecular weight excluding hydrogens is 346 g/mol. The lowest BCUT2D eigenvalue weighted by molar-refractivity contribution is -0.132. The van der Waals surface area contributed by atoms with E-state index in [2.05, 4.69) is 26.6 Å². The van der Waals surface area contributed by atoms with Gasteiger partial charge >= 0.3 is 0 Å². The van der Waals surface area contributed by atoms with E-state index >= 15 is 0 Å². The second kappa shape index (κ2) is 8.29. The zero-order valence-corrected chi connectivity index (χ0v) is 14.9. The summed E-state index contributed by atoms with van der Waals surface area (Å²) in [5.74, 6) is -0.417. The smallest absolute Gasteiger partial charge is 0.243 e. The fourth-order valence-corrected chi connectivity index (χ4v) is 2.74. The number of benzene rings is 1. The van der Waals surface area contributed by atoms with E-state index in [1.807, 2.05) is 39.0 Å². The summed E-state index contributed by atoms with van der Waals surface area (Å²) in [6.45, 7) is 5.99. The summed E-state index contributed by atoms with van der Waals surface area (Å²) in [5, 5.41) is 5.48. The van der Waals surface area contributed by atoms with Gasteiger partial charge in [0.05, 0.1) is 12.0 Å². The van der Waals surface area contributed by atoms with E-state index in [0.717, 1.165) is 15.7 Å². The lowest BCUT2D eigenvalue weighted by atomic mass is 9.81. The Bertz CT molecular complexity index is 534. The van der Waals surface area contributed by atoms with Crippen LogP contribution in [0.25, 0.3) is 0 Å². The van der Waals surface area contributed by atoms with Crippen molar-refractivity contribution in [3.05, 3.63) is 28.2 Å². The number of nitrogens with one attached hydrogen (secondary N) is 2. The third kappa shape index (κ3) is 4.55. The number of hydrogen-bond acceptors (Lipinski definition) is 3. The minimum atomic E-state index is -0.589. The summed E-state index contributed by atoms with van der Waals surface area (Å²) in [6.07, 6.45) is 1.30. The molecule has 0 radical (unpaired) electrons. The fourth-order valence-electron chi connectivity index (χ4n) is 2.26. The van der Waals surface area contributed by atoms with Crippen molar-refractivity contribution in [1.82, 2.24) is 5.32 Å². The Morgan fingerprint density at radius 2 is 1.91 bits per heavy atom.